The summed E-state index contributed by atoms with van der Waals surface area (Å²) in [6.07, 6.45) is 5.47. The van der Waals surface area contributed by atoms with Crippen molar-refractivity contribution in [2.75, 3.05) is 5.32 Å². The van der Waals surface area contributed by atoms with Crippen LogP contribution in [0.4, 0.5) is 5.69 Å². The van der Waals surface area contributed by atoms with Gasteiger partial charge in [0.1, 0.15) is 6.54 Å². The van der Waals surface area contributed by atoms with E-state index in [-0.39, 0.29) is 5.91 Å². The first-order valence-electron chi connectivity index (χ1n) is 5.65. The van der Waals surface area contributed by atoms with Crippen molar-refractivity contribution in [1.82, 2.24) is 14.8 Å². The second kappa shape index (κ2) is 4.37. The van der Waals surface area contributed by atoms with E-state index in [1.165, 1.54) is 0 Å². The summed E-state index contributed by atoms with van der Waals surface area (Å²) in [6.45, 7) is 0.314. The molecule has 2 N–H and O–H groups in total. The number of H-pyrrole nitrogens is 1. The summed E-state index contributed by atoms with van der Waals surface area (Å²) in [4.78, 5) is 11.8. The van der Waals surface area contributed by atoms with Gasteiger partial charge in [-0.15, -0.1) is 0 Å². The van der Waals surface area contributed by atoms with Crippen molar-refractivity contribution in [3.8, 4) is 0 Å². The first-order valence-corrected chi connectivity index (χ1v) is 5.65. The van der Waals surface area contributed by atoms with E-state index in [4.69, 9.17) is 0 Å². The largest absolute Gasteiger partial charge is 0.345 e. The predicted octanol–water partition coefficient (Wildman–Crippen LogP) is 2.00. The molecule has 2 heterocycles. The Balaban J connectivity index is 1.73. The maximum absolute atomic E-state index is 11.8. The molecule has 18 heavy (non-hydrogen) atoms. The topological polar surface area (TPSA) is 62.7 Å². The van der Waals surface area contributed by atoms with Crippen LogP contribution >= 0.6 is 0 Å². The van der Waals surface area contributed by atoms with Crippen LogP contribution in [0.1, 0.15) is 0 Å². The first-order chi connectivity index (χ1) is 8.81. The lowest BCUT2D eigenvalue weighted by Crippen LogP contribution is -2.17. The molecule has 0 atom stereocenters. The molecule has 1 amide bonds. The Morgan fingerprint density at radius 3 is 3.00 bits per heavy atom. The van der Waals surface area contributed by atoms with Gasteiger partial charge in [-0.05, 0) is 30.3 Å². The zero-order chi connectivity index (χ0) is 12.4. The van der Waals surface area contributed by atoms with Crippen LogP contribution in [0.2, 0.25) is 0 Å². The highest BCUT2D eigenvalue weighted by Crippen LogP contribution is 2.16. The zero-order valence-electron chi connectivity index (χ0n) is 9.63. The van der Waals surface area contributed by atoms with Crippen LogP contribution in [-0.2, 0) is 11.3 Å². The number of hydrogen-bond acceptors (Lipinski definition) is 2. The van der Waals surface area contributed by atoms with E-state index >= 15 is 0 Å². The maximum Gasteiger partial charge on any atom is 0.244 e. The van der Waals surface area contributed by atoms with Gasteiger partial charge in [0.25, 0.3) is 0 Å². The molecule has 2 aromatic heterocycles. The Hall–Kier alpha value is -2.56. The number of amides is 1. The fourth-order valence-corrected chi connectivity index (χ4v) is 1.86. The van der Waals surface area contributed by atoms with Crippen LogP contribution in [0, 0.1) is 0 Å². The molecule has 0 saturated heterocycles. The van der Waals surface area contributed by atoms with Crippen LogP contribution in [0.5, 0.6) is 0 Å². The van der Waals surface area contributed by atoms with Crippen molar-refractivity contribution >= 4 is 22.5 Å². The lowest BCUT2D eigenvalue weighted by molar-refractivity contribution is -0.116. The number of rotatable bonds is 3. The van der Waals surface area contributed by atoms with Gasteiger partial charge in [0.15, 0.2) is 0 Å². The maximum atomic E-state index is 11.8. The number of fused-ring (bicyclic) bond motifs is 1. The molecule has 90 valence electrons. The first kappa shape index (κ1) is 10.6. The minimum Gasteiger partial charge on any atom is -0.345 e. The minimum absolute atomic E-state index is 0.0509. The third kappa shape index (κ3) is 2.10. The van der Waals surface area contributed by atoms with Gasteiger partial charge < -0.3 is 9.88 Å². The van der Waals surface area contributed by atoms with Gasteiger partial charge in [0.05, 0.1) is 11.7 Å². The molecule has 1 aromatic carbocycles. The van der Waals surface area contributed by atoms with E-state index in [9.17, 15) is 4.79 Å². The highest BCUT2D eigenvalue weighted by Gasteiger charge is 2.04. The van der Waals surface area contributed by atoms with Crippen molar-refractivity contribution in [3.05, 3.63) is 48.9 Å². The van der Waals surface area contributed by atoms with E-state index in [0.717, 1.165) is 16.6 Å². The fraction of sp³-hybridized carbons (Fsp3) is 0.0769. The molecule has 5 nitrogen and oxygen atoms in total. The summed E-state index contributed by atoms with van der Waals surface area (Å²) in [5, 5.41) is 10.7. The molecular weight excluding hydrogens is 228 g/mol. The van der Waals surface area contributed by atoms with E-state index in [1.54, 1.807) is 6.20 Å². The van der Waals surface area contributed by atoms with Gasteiger partial charge >= 0.3 is 0 Å². The summed E-state index contributed by atoms with van der Waals surface area (Å²) in [7, 11) is 0. The van der Waals surface area contributed by atoms with Crippen LogP contribution in [0.3, 0.4) is 0 Å². The van der Waals surface area contributed by atoms with Gasteiger partial charge in [0.2, 0.25) is 5.91 Å². The monoisotopic (exact) mass is 240 g/mol. The predicted molar refractivity (Wildman–Crippen MR) is 69.2 cm³/mol. The van der Waals surface area contributed by atoms with E-state index < -0.39 is 0 Å². The molecule has 0 spiro atoms. The Labute approximate surface area is 103 Å². The molecular formula is C13H12N4O. The lowest BCUT2D eigenvalue weighted by Gasteiger charge is -2.06. The number of carbonyl (C=O) groups is 1. The number of nitrogens with zero attached hydrogens (tertiary/aromatic N) is 2. The average molecular weight is 240 g/mol. The quantitative estimate of drug-likeness (QED) is 0.735. The molecule has 3 aromatic rings. The number of benzene rings is 1. The fourth-order valence-electron chi connectivity index (χ4n) is 1.86. The molecule has 0 bridgehead atoms. The van der Waals surface area contributed by atoms with E-state index in [0.29, 0.717) is 6.54 Å². The molecule has 3 rings (SSSR count). The van der Waals surface area contributed by atoms with Crippen molar-refractivity contribution in [2.24, 2.45) is 0 Å². The van der Waals surface area contributed by atoms with Crippen LogP contribution in [0.25, 0.3) is 10.9 Å². The normalized spacial score (nSPS) is 10.7. The third-order valence-corrected chi connectivity index (χ3v) is 2.72. The number of nitrogens with one attached hydrogen (secondary N) is 2. The molecule has 0 aliphatic rings. The molecule has 5 heteroatoms. The van der Waals surface area contributed by atoms with Gasteiger partial charge in [-0.1, -0.05) is 0 Å². The van der Waals surface area contributed by atoms with Gasteiger partial charge in [0, 0.05) is 23.5 Å². The molecule has 0 saturated carbocycles. The van der Waals surface area contributed by atoms with Crippen molar-refractivity contribution < 1.29 is 4.79 Å². The van der Waals surface area contributed by atoms with Crippen LogP contribution in [-0.4, -0.2) is 20.7 Å². The molecule has 0 aliphatic heterocycles. The van der Waals surface area contributed by atoms with Crippen molar-refractivity contribution in [1.29, 1.82) is 0 Å². The third-order valence-electron chi connectivity index (χ3n) is 2.72. The Kier molecular flexibility index (Phi) is 2.57. The molecule has 0 unspecified atom stereocenters. The summed E-state index contributed by atoms with van der Waals surface area (Å²) in [6, 6.07) is 9.44. The Morgan fingerprint density at radius 2 is 2.17 bits per heavy atom. The van der Waals surface area contributed by atoms with E-state index in [1.807, 2.05) is 47.3 Å². The SMILES string of the molecule is O=C(Cn1cccc1)Nc1ccc2cn[nH]c2c1. The highest BCUT2D eigenvalue weighted by molar-refractivity contribution is 5.93. The second-order valence-electron chi connectivity index (χ2n) is 4.08. The Bertz CT molecular complexity index is 669. The van der Waals surface area contributed by atoms with Gasteiger partial charge in [-0.25, -0.2) is 0 Å². The van der Waals surface area contributed by atoms with Crippen LogP contribution < -0.4 is 5.32 Å². The van der Waals surface area contributed by atoms with Crippen molar-refractivity contribution in [3.63, 3.8) is 0 Å². The average Bonchev–Trinajstić information content (AvgIpc) is 2.98. The lowest BCUT2D eigenvalue weighted by atomic mass is 10.2. The number of anilines is 1. The number of aromatic amines is 1. The van der Waals surface area contributed by atoms with Gasteiger partial charge in [-0.3, -0.25) is 9.89 Å². The van der Waals surface area contributed by atoms with Crippen LogP contribution in [0.15, 0.2) is 48.9 Å². The molecule has 0 radical (unpaired) electrons. The zero-order valence-corrected chi connectivity index (χ0v) is 9.63. The standard InChI is InChI=1S/C13H12N4O/c18-13(9-17-5-1-2-6-17)15-11-4-3-10-8-14-16-12(10)7-11/h1-8H,9H2,(H,14,16)(H,15,18). The summed E-state index contributed by atoms with van der Waals surface area (Å²) < 4.78 is 1.82. The number of carbonyl (C=O) groups excluding carboxylic acids is 1. The smallest absolute Gasteiger partial charge is 0.244 e. The molecule has 0 aliphatic carbocycles. The second-order valence-corrected chi connectivity index (χ2v) is 4.08. The minimum atomic E-state index is -0.0509. The highest BCUT2D eigenvalue weighted by atomic mass is 16.1. The van der Waals surface area contributed by atoms with E-state index in [2.05, 4.69) is 15.5 Å². The Morgan fingerprint density at radius 1 is 1.33 bits per heavy atom. The summed E-state index contributed by atoms with van der Waals surface area (Å²) >= 11 is 0. The van der Waals surface area contributed by atoms with Crippen molar-refractivity contribution in [2.45, 2.75) is 6.54 Å². The summed E-state index contributed by atoms with van der Waals surface area (Å²) in [5.74, 6) is -0.0509. The van der Waals surface area contributed by atoms with Gasteiger partial charge in [-0.2, -0.15) is 5.10 Å². The summed E-state index contributed by atoms with van der Waals surface area (Å²) in [5.41, 5.74) is 1.68. The molecule has 0 fully saturated rings. The number of hydrogen-bond donors (Lipinski definition) is 2. The number of aromatic nitrogens is 3.